The van der Waals surface area contributed by atoms with Gasteiger partial charge in [0.2, 0.25) is 0 Å². The first-order valence-corrected chi connectivity index (χ1v) is 5.53. The van der Waals surface area contributed by atoms with E-state index in [0.717, 1.165) is 26.2 Å². The maximum atomic E-state index is 5.79. The summed E-state index contributed by atoms with van der Waals surface area (Å²) in [4.78, 5) is 6.50. The van der Waals surface area contributed by atoms with E-state index in [2.05, 4.69) is 28.9 Å². The van der Waals surface area contributed by atoms with E-state index in [1.807, 2.05) is 12.4 Å². The van der Waals surface area contributed by atoms with Gasteiger partial charge in [0.1, 0.15) is 0 Å². The smallest absolute Gasteiger partial charge is 0.0271 e. The minimum atomic E-state index is 0. The van der Waals surface area contributed by atoms with Crippen LogP contribution in [0, 0.1) is 5.41 Å². The zero-order chi connectivity index (χ0) is 10.7. The molecule has 1 unspecified atom stereocenters. The van der Waals surface area contributed by atoms with Gasteiger partial charge in [-0.1, -0.05) is 6.92 Å². The van der Waals surface area contributed by atoms with Crippen LogP contribution >= 0.6 is 12.4 Å². The average molecular weight is 242 g/mol. The second-order valence-electron chi connectivity index (χ2n) is 4.83. The normalized spacial score (nSPS) is 25.4. The fourth-order valence-corrected chi connectivity index (χ4v) is 2.17. The van der Waals surface area contributed by atoms with Crippen molar-refractivity contribution >= 4 is 12.4 Å². The molecule has 0 radical (unpaired) electrons. The maximum absolute atomic E-state index is 5.79. The van der Waals surface area contributed by atoms with E-state index in [-0.39, 0.29) is 12.4 Å². The van der Waals surface area contributed by atoms with Crippen molar-refractivity contribution in [2.24, 2.45) is 11.1 Å². The summed E-state index contributed by atoms with van der Waals surface area (Å²) in [6.07, 6.45) is 4.93. The molecule has 0 aliphatic carbocycles. The van der Waals surface area contributed by atoms with Crippen LogP contribution in [0.1, 0.15) is 18.9 Å². The number of likely N-dealkylation sites (tertiary alicyclic amines) is 1. The lowest BCUT2D eigenvalue weighted by Crippen LogP contribution is -2.31. The van der Waals surface area contributed by atoms with Crippen LogP contribution in [0.3, 0.4) is 0 Å². The van der Waals surface area contributed by atoms with Gasteiger partial charge < -0.3 is 5.73 Å². The molecule has 3 nitrogen and oxygen atoms in total. The lowest BCUT2D eigenvalue weighted by molar-refractivity contribution is 0.274. The predicted octanol–water partition coefficient (Wildman–Crippen LogP) is 1.67. The Bertz CT molecular complexity index is 317. The molecule has 2 N–H and O–H groups in total. The van der Waals surface area contributed by atoms with Gasteiger partial charge in [0.05, 0.1) is 0 Å². The van der Waals surface area contributed by atoms with E-state index in [1.165, 1.54) is 12.0 Å². The molecule has 0 saturated carbocycles. The number of nitrogens with two attached hydrogens (primary N) is 1. The fraction of sp³-hybridized carbons (Fsp3) is 0.583. The highest BCUT2D eigenvalue weighted by molar-refractivity contribution is 5.85. The molecular formula is C12H20ClN3. The zero-order valence-electron chi connectivity index (χ0n) is 9.72. The van der Waals surface area contributed by atoms with Crippen molar-refractivity contribution in [3.8, 4) is 0 Å². The van der Waals surface area contributed by atoms with Gasteiger partial charge in [-0.15, -0.1) is 12.4 Å². The average Bonchev–Trinajstić information content (AvgIpc) is 2.63. The highest BCUT2D eigenvalue weighted by atomic mass is 35.5. The molecule has 2 rings (SSSR count). The quantitative estimate of drug-likeness (QED) is 0.876. The van der Waals surface area contributed by atoms with Gasteiger partial charge in [0.25, 0.3) is 0 Å². The van der Waals surface area contributed by atoms with Crippen molar-refractivity contribution in [3.63, 3.8) is 0 Å². The van der Waals surface area contributed by atoms with Crippen molar-refractivity contribution in [3.05, 3.63) is 30.1 Å². The largest absolute Gasteiger partial charge is 0.330 e. The molecule has 1 fully saturated rings. The van der Waals surface area contributed by atoms with Crippen LogP contribution in [0.15, 0.2) is 24.5 Å². The summed E-state index contributed by atoms with van der Waals surface area (Å²) in [5, 5.41) is 0. The molecule has 1 saturated heterocycles. The fourth-order valence-electron chi connectivity index (χ4n) is 2.17. The lowest BCUT2D eigenvalue weighted by atomic mass is 9.90. The second-order valence-corrected chi connectivity index (χ2v) is 4.83. The molecule has 0 spiro atoms. The van der Waals surface area contributed by atoms with Gasteiger partial charge in [0, 0.05) is 25.5 Å². The molecule has 90 valence electrons. The summed E-state index contributed by atoms with van der Waals surface area (Å²) >= 11 is 0. The standard InChI is InChI=1S/C12H19N3.ClH/c1-12(9-13)4-7-15(10-12)8-11-2-5-14-6-3-11;/h2-3,5-6H,4,7-10,13H2,1H3;1H. The molecule has 1 aliphatic rings. The van der Waals surface area contributed by atoms with Gasteiger partial charge in [-0.2, -0.15) is 0 Å². The van der Waals surface area contributed by atoms with E-state index in [9.17, 15) is 0 Å². The minimum Gasteiger partial charge on any atom is -0.330 e. The Morgan fingerprint density at radius 2 is 2.12 bits per heavy atom. The van der Waals surface area contributed by atoms with Crippen LogP contribution < -0.4 is 5.73 Å². The Hall–Kier alpha value is -0.640. The van der Waals surface area contributed by atoms with Crippen LogP contribution in [-0.2, 0) is 6.54 Å². The lowest BCUT2D eigenvalue weighted by Gasteiger charge is -2.22. The summed E-state index contributed by atoms with van der Waals surface area (Å²) in [7, 11) is 0. The van der Waals surface area contributed by atoms with Gasteiger partial charge >= 0.3 is 0 Å². The molecule has 1 aliphatic heterocycles. The summed E-state index contributed by atoms with van der Waals surface area (Å²) < 4.78 is 0. The summed E-state index contributed by atoms with van der Waals surface area (Å²) in [5.41, 5.74) is 7.45. The van der Waals surface area contributed by atoms with Gasteiger partial charge in [-0.05, 0) is 42.6 Å². The Balaban J connectivity index is 0.00000128. The molecule has 1 aromatic rings. The van der Waals surface area contributed by atoms with Gasteiger partial charge in [0.15, 0.2) is 0 Å². The van der Waals surface area contributed by atoms with Crippen LogP contribution in [0.2, 0.25) is 0 Å². The Kier molecular flexibility index (Phi) is 4.71. The Morgan fingerprint density at radius 3 is 2.69 bits per heavy atom. The molecule has 2 heterocycles. The summed E-state index contributed by atoms with van der Waals surface area (Å²) in [6.45, 7) is 6.37. The van der Waals surface area contributed by atoms with Crippen LogP contribution in [0.4, 0.5) is 0 Å². The van der Waals surface area contributed by atoms with Crippen LogP contribution in [0.25, 0.3) is 0 Å². The first-order valence-electron chi connectivity index (χ1n) is 5.53. The molecule has 0 amide bonds. The third-order valence-electron chi connectivity index (χ3n) is 3.29. The van der Waals surface area contributed by atoms with E-state index in [1.54, 1.807) is 0 Å². The van der Waals surface area contributed by atoms with Crippen LogP contribution in [0.5, 0.6) is 0 Å². The number of aromatic nitrogens is 1. The number of hydrogen-bond donors (Lipinski definition) is 1. The topological polar surface area (TPSA) is 42.1 Å². The predicted molar refractivity (Wildman–Crippen MR) is 68.5 cm³/mol. The molecule has 0 bridgehead atoms. The van der Waals surface area contributed by atoms with Crippen molar-refractivity contribution in [1.29, 1.82) is 0 Å². The minimum absolute atomic E-state index is 0. The molecule has 0 aromatic carbocycles. The number of halogens is 1. The zero-order valence-corrected chi connectivity index (χ0v) is 10.5. The van der Waals surface area contributed by atoms with Crippen molar-refractivity contribution in [1.82, 2.24) is 9.88 Å². The Labute approximate surface area is 103 Å². The van der Waals surface area contributed by atoms with Crippen molar-refractivity contribution in [2.75, 3.05) is 19.6 Å². The van der Waals surface area contributed by atoms with E-state index in [0.29, 0.717) is 5.41 Å². The molecule has 1 aromatic heterocycles. The van der Waals surface area contributed by atoms with E-state index < -0.39 is 0 Å². The maximum Gasteiger partial charge on any atom is 0.0271 e. The van der Waals surface area contributed by atoms with Crippen molar-refractivity contribution < 1.29 is 0 Å². The molecular weight excluding hydrogens is 222 g/mol. The van der Waals surface area contributed by atoms with Crippen LogP contribution in [-0.4, -0.2) is 29.5 Å². The van der Waals surface area contributed by atoms with Gasteiger partial charge in [-0.25, -0.2) is 0 Å². The third-order valence-corrected chi connectivity index (χ3v) is 3.29. The molecule has 4 heteroatoms. The van der Waals surface area contributed by atoms with E-state index in [4.69, 9.17) is 5.73 Å². The highest BCUT2D eigenvalue weighted by Crippen LogP contribution is 2.29. The monoisotopic (exact) mass is 241 g/mol. The number of hydrogen-bond acceptors (Lipinski definition) is 3. The number of rotatable bonds is 3. The summed E-state index contributed by atoms with van der Waals surface area (Å²) in [6, 6.07) is 4.16. The summed E-state index contributed by atoms with van der Waals surface area (Å²) in [5.74, 6) is 0. The van der Waals surface area contributed by atoms with E-state index >= 15 is 0 Å². The Morgan fingerprint density at radius 1 is 1.44 bits per heavy atom. The first kappa shape index (κ1) is 13.4. The SMILES string of the molecule is CC1(CN)CCN(Cc2ccncc2)C1.Cl. The second kappa shape index (κ2) is 5.62. The number of nitrogens with zero attached hydrogens (tertiary/aromatic N) is 2. The highest BCUT2D eigenvalue weighted by Gasteiger charge is 2.31. The van der Waals surface area contributed by atoms with Gasteiger partial charge in [-0.3, -0.25) is 9.88 Å². The van der Waals surface area contributed by atoms with Crippen molar-refractivity contribution in [2.45, 2.75) is 19.9 Å². The molecule has 16 heavy (non-hydrogen) atoms. The number of pyridine rings is 1. The molecule has 1 atom stereocenters. The third kappa shape index (κ3) is 3.17. The first-order chi connectivity index (χ1) is 7.22.